The van der Waals surface area contributed by atoms with Gasteiger partial charge >= 0.3 is 0 Å². The Hall–Kier alpha value is 0. The second-order valence-corrected chi connectivity index (χ2v) is 6.43. The van der Waals surface area contributed by atoms with Gasteiger partial charge in [-0.1, -0.05) is 100 Å². The van der Waals surface area contributed by atoms with Crippen molar-refractivity contribution in [3.63, 3.8) is 0 Å². The Bertz CT molecular complexity index is 168. The SMILES string of the molecule is CC.CC.CCCC(CCC)C(C)(C)C1CCCCC1. The summed E-state index contributed by atoms with van der Waals surface area (Å²) < 4.78 is 0. The van der Waals surface area contributed by atoms with Crippen LogP contribution in [-0.2, 0) is 0 Å². The highest BCUT2D eigenvalue weighted by Gasteiger charge is 2.36. The van der Waals surface area contributed by atoms with E-state index in [9.17, 15) is 0 Å². The maximum atomic E-state index is 2.55. The van der Waals surface area contributed by atoms with Crippen molar-refractivity contribution in [1.82, 2.24) is 0 Å². The zero-order valence-corrected chi connectivity index (χ0v) is 16.0. The van der Waals surface area contributed by atoms with E-state index < -0.39 is 0 Å². The predicted octanol–water partition coefficient (Wildman–Crippen LogP) is 7.86. The van der Waals surface area contributed by atoms with Gasteiger partial charge in [0.05, 0.1) is 0 Å². The predicted molar refractivity (Wildman–Crippen MR) is 96.4 cm³/mol. The van der Waals surface area contributed by atoms with Crippen LogP contribution in [-0.4, -0.2) is 0 Å². The van der Waals surface area contributed by atoms with E-state index in [-0.39, 0.29) is 0 Å². The van der Waals surface area contributed by atoms with E-state index >= 15 is 0 Å². The van der Waals surface area contributed by atoms with Gasteiger partial charge in [-0.15, -0.1) is 0 Å². The van der Waals surface area contributed by atoms with Crippen LogP contribution in [0.5, 0.6) is 0 Å². The fraction of sp³-hybridized carbons (Fsp3) is 1.00. The minimum Gasteiger partial charge on any atom is -0.0683 e. The van der Waals surface area contributed by atoms with Crippen molar-refractivity contribution in [3.8, 4) is 0 Å². The Morgan fingerprint density at radius 2 is 1.20 bits per heavy atom. The van der Waals surface area contributed by atoms with Crippen LogP contribution in [0, 0.1) is 17.3 Å². The Labute approximate surface area is 131 Å². The second kappa shape index (κ2) is 14.0. The summed E-state index contributed by atoms with van der Waals surface area (Å²) in [6.45, 7) is 17.8. The van der Waals surface area contributed by atoms with E-state index in [2.05, 4.69) is 27.7 Å². The van der Waals surface area contributed by atoms with E-state index in [0.29, 0.717) is 5.41 Å². The first-order chi connectivity index (χ1) is 9.62. The molecular weight excluding hydrogens is 240 g/mol. The molecule has 0 unspecified atom stereocenters. The maximum absolute atomic E-state index is 2.55. The van der Waals surface area contributed by atoms with E-state index in [0.717, 1.165) is 11.8 Å². The molecule has 0 nitrogen and oxygen atoms in total. The van der Waals surface area contributed by atoms with E-state index in [1.807, 2.05) is 27.7 Å². The summed E-state index contributed by atoms with van der Waals surface area (Å²) in [7, 11) is 0. The highest BCUT2D eigenvalue weighted by atomic mass is 14.4. The van der Waals surface area contributed by atoms with Crippen LogP contribution in [0.15, 0.2) is 0 Å². The molecule has 1 fully saturated rings. The first-order valence-corrected chi connectivity index (χ1v) is 9.62. The van der Waals surface area contributed by atoms with Crippen molar-refractivity contribution in [2.24, 2.45) is 17.3 Å². The minimum absolute atomic E-state index is 0.590. The third-order valence-corrected chi connectivity index (χ3v) is 4.98. The molecule has 0 heteroatoms. The Morgan fingerprint density at radius 1 is 0.800 bits per heavy atom. The smallest absolute Gasteiger partial charge is 0.0298 e. The molecule has 1 aliphatic carbocycles. The summed E-state index contributed by atoms with van der Waals surface area (Å²) in [5.74, 6) is 1.97. The van der Waals surface area contributed by atoms with Gasteiger partial charge in [0.15, 0.2) is 0 Å². The summed E-state index contributed by atoms with van der Waals surface area (Å²) in [6.07, 6.45) is 13.1. The average molecular weight is 285 g/mol. The summed E-state index contributed by atoms with van der Waals surface area (Å²) in [5.41, 5.74) is 0.590. The summed E-state index contributed by atoms with van der Waals surface area (Å²) in [5, 5.41) is 0. The number of rotatable bonds is 6. The molecule has 0 atom stereocenters. The van der Waals surface area contributed by atoms with E-state index in [4.69, 9.17) is 0 Å². The lowest BCUT2D eigenvalue weighted by atomic mass is 9.62. The van der Waals surface area contributed by atoms with E-state index in [1.165, 1.54) is 57.8 Å². The second-order valence-electron chi connectivity index (χ2n) is 6.43. The molecule has 1 rings (SSSR count). The Kier molecular flexibility index (Phi) is 15.6. The lowest BCUT2D eigenvalue weighted by Gasteiger charge is -2.43. The van der Waals surface area contributed by atoms with Crippen LogP contribution in [0.4, 0.5) is 0 Å². The number of hydrogen-bond donors (Lipinski definition) is 0. The molecule has 0 saturated heterocycles. The average Bonchev–Trinajstić information content (AvgIpc) is 2.52. The first kappa shape index (κ1) is 22.3. The molecule has 0 aromatic rings. The molecule has 0 heterocycles. The van der Waals surface area contributed by atoms with Crippen molar-refractivity contribution in [3.05, 3.63) is 0 Å². The molecule has 0 amide bonds. The largest absolute Gasteiger partial charge is 0.0683 e. The molecule has 20 heavy (non-hydrogen) atoms. The Balaban J connectivity index is 0. The highest BCUT2D eigenvalue weighted by molar-refractivity contribution is 4.86. The minimum atomic E-state index is 0.590. The van der Waals surface area contributed by atoms with Gasteiger partial charge in [0.1, 0.15) is 0 Å². The molecule has 0 aliphatic heterocycles. The van der Waals surface area contributed by atoms with Crippen molar-refractivity contribution in [2.45, 2.75) is 113 Å². The standard InChI is InChI=1S/C16H32.2C2H6/c1-5-10-14(11-6-2)16(3,4)15-12-8-7-9-13-15;2*1-2/h14-15H,5-13H2,1-4H3;2*1-2H3. The molecule has 1 saturated carbocycles. The quantitative estimate of drug-likeness (QED) is 0.465. The monoisotopic (exact) mass is 284 g/mol. The lowest BCUT2D eigenvalue weighted by Crippen LogP contribution is -2.34. The van der Waals surface area contributed by atoms with Crippen LogP contribution in [0.3, 0.4) is 0 Å². The van der Waals surface area contributed by atoms with Crippen LogP contribution in [0.1, 0.15) is 113 Å². The zero-order chi connectivity index (χ0) is 16.0. The normalized spacial score (nSPS) is 16.1. The molecule has 0 radical (unpaired) electrons. The lowest BCUT2D eigenvalue weighted by molar-refractivity contribution is 0.0702. The van der Waals surface area contributed by atoms with Gasteiger partial charge in [-0.05, 0) is 30.1 Å². The molecule has 0 spiro atoms. The Morgan fingerprint density at radius 3 is 1.55 bits per heavy atom. The maximum Gasteiger partial charge on any atom is -0.0298 e. The van der Waals surface area contributed by atoms with Gasteiger partial charge < -0.3 is 0 Å². The first-order valence-electron chi connectivity index (χ1n) is 9.62. The van der Waals surface area contributed by atoms with Crippen LogP contribution in [0.25, 0.3) is 0 Å². The highest BCUT2D eigenvalue weighted by Crippen LogP contribution is 2.46. The van der Waals surface area contributed by atoms with Crippen molar-refractivity contribution in [2.75, 3.05) is 0 Å². The summed E-state index contributed by atoms with van der Waals surface area (Å²) >= 11 is 0. The topological polar surface area (TPSA) is 0 Å². The van der Waals surface area contributed by atoms with Crippen LogP contribution >= 0.6 is 0 Å². The summed E-state index contributed by atoms with van der Waals surface area (Å²) in [4.78, 5) is 0. The van der Waals surface area contributed by atoms with Gasteiger partial charge in [0, 0.05) is 0 Å². The zero-order valence-electron chi connectivity index (χ0n) is 16.0. The molecular formula is C20H44. The van der Waals surface area contributed by atoms with Crippen molar-refractivity contribution >= 4 is 0 Å². The number of hydrogen-bond acceptors (Lipinski definition) is 0. The fourth-order valence-electron chi connectivity index (χ4n) is 3.77. The van der Waals surface area contributed by atoms with Gasteiger partial charge in [-0.2, -0.15) is 0 Å². The molecule has 1 aliphatic rings. The third-order valence-electron chi connectivity index (χ3n) is 4.98. The molecule has 0 bridgehead atoms. The molecule has 0 aromatic heterocycles. The van der Waals surface area contributed by atoms with Crippen molar-refractivity contribution < 1.29 is 0 Å². The molecule has 0 N–H and O–H groups in total. The van der Waals surface area contributed by atoms with Gasteiger partial charge in [0.2, 0.25) is 0 Å². The fourth-order valence-corrected chi connectivity index (χ4v) is 3.77. The van der Waals surface area contributed by atoms with Crippen molar-refractivity contribution in [1.29, 1.82) is 0 Å². The van der Waals surface area contributed by atoms with Crippen LogP contribution in [0.2, 0.25) is 0 Å². The summed E-state index contributed by atoms with van der Waals surface area (Å²) in [6, 6.07) is 0. The molecule has 124 valence electrons. The van der Waals surface area contributed by atoms with Gasteiger partial charge in [0.25, 0.3) is 0 Å². The van der Waals surface area contributed by atoms with Gasteiger partial charge in [-0.3, -0.25) is 0 Å². The van der Waals surface area contributed by atoms with E-state index in [1.54, 1.807) is 0 Å². The van der Waals surface area contributed by atoms with Crippen LogP contribution < -0.4 is 0 Å². The van der Waals surface area contributed by atoms with Gasteiger partial charge in [-0.25, -0.2) is 0 Å². The third kappa shape index (κ3) is 7.70. The molecule has 0 aromatic carbocycles.